The van der Waals surface area contributed by atoms with Crippen molar-refractivity contribution < 1.29 is 28.6 Å². The van der Waals surface area contributed by atoms with Gasteiger partial charge in [-0.1, -0.05) is 305 Å². The first-order chi connectivity index (χ1) is 38.5. The maximum absolute atomic E-state index is 12.9. The van der Waals surface area contributed by atoms with Gasteiger partial charge in [-0.05, 0) is 96.3 Å². The van der Waals surface area contributed by atoms with E-state index in [1.807, 2.05) is 0 Å². The molecule has 0 aliphatic carbocycles. The van der Waals surface area contributed by atoms with Crippen molar-refractivity contribution in [3.8, 4) is 0 Å². The number of allylic oxidation sites excluding steroid dienone is 14. The average molecular weight is 1090 g/mol. The Bertz CT molecular complexity index is 1480. The van der Waals surface area contributed by atoms with E-state index < -0.39 is 6.10 Å². The van der Waals surface area contributed by atoms with Crippen LogP contribution in [0.3, 0.4) is 0 Å². The van der Waals surface area contributed by atoms with Gasteiger partial charge in [0.05, 0.1) is 0 Å². The van der Waals surface area contributed by atoms with E-state index in [4.69, 9.17) is 14.2 Å². The average Bonchev–Trinajstić information content (AvgIpc) is 3.44. The standard InChI is InChI=1S/C72H126O6/c1-4-7-10-13-16-19-22-25-28-31-34-36-39-41-44-47-50-53-56-59-62-65-71(74)77-68-69(67-76-70(73)64-61-58-55-52-49-46-43-40-37-33-30-27-24-21-18-15-12-9-6-3)78-72(75)66-63-60-57-54-51-48-45-42-38-35-32-29-26-23-20-17-14-11-8-5-2/h7,10,16,18-19,21,25,27-28,30,34,36,41,44,69H,4-6,8-9,11-15,17,20,22-24,26,29,31-33,35,37-40,42-43,45-68H2,1-3H3/b10-7-,19-16-,21-18-,28-25-,30-27-,36-34-,44-41-. The van der Waals surface area contributed by atoms with Gasteiger partial charge in [-0.3, -0.25) is 14.4 Å². The smallest absolute Gasteiger partial charge is 0.306 e. The van der Waals surface area contributed by atoms with Crippen molar-refractivity contribution in [1.82, 2.24) is 0 Å². The lowest BCUT2D eigenvalue weighted by Gasteiger charge is -2.18. The number of hydrogen-bond donors (Lipinski definition) is 0. The summed E-state index contributed by atoms with van der Waals surface area (Å²) in [5.74, 6) is -0.887. The molecule has 450 valence electrons. The van der Waals surface area contributed by atoms with Gasteiger partial charge in [-0.2, -0.15) is 0 Å². The highest BCUT2D eigenvalue weighted by molar-refractivity contribution is 5.71. The van der Waals surface area contributed by atoms with Crippen LogP contribution in [0.1, 0.15) is 335 Å². The van der Waals surface area contributed by atoms with Crippen molar-refractivity contribution in [1.29, 1.82) is 0 Å². The van der Waals surface area contributed by atoms with Crippen molar-refractivity contribution in [3.63, 3.8) is 0 Å². The van der Waals surface area contributed by atoms with Gasteiger partial charge < -0.3 is 14.2 Å². The summed E-state index contributed by atoms with van der Waals surface area (Å²) in [4.78, 5) is 38.4. The molecule has 0 aromatic carbocycles. The first kappa shape index (κ1) is 74.6. The number of rotatable bonds is 61. The Morgan fingerprint density at radius 3 is 0.808 bits per heavy atom. The molecule has 0 aliphatic heterocycles. The zero-order valence-electron chi connectivity index (χ0n) is 51.7. The summed E-state index contributed by atoms with van der Waals surface area (Å²) in [5.41, 5.74) is 0. The molecule has 0 N–H and O–H groups in total. The SMILES string of the molecule is CC/C=C\C/C=C\C/C=C\C/C=C\C/C=C\CCCCCCCC(=O)OCC(COC(=O)CCCCCCCCCCC/C=C\C/C=C\CCCCC)OC(=O)CCCCCCCCCCCCCCCCCCCCCC. The Kier molecular flexibility index (Phi) is 63.2. The Balaban J connectivity index is 4.40. The van der Waals surface area contributed by atoms with Gasteiger partial charge in [0.15, 0.2) is 6.10 Å². The number of unbranched alkanes of at least 4 members (excludes halogenated alkanes) is 36. The highest BCUT2D eigenvalue weighted by Gasteiger charge is 2.19. The second-order valence-corrected chi connectivity index (χ2v) is 22.4. The molecule has 0 rings (SSSR count). The number of esters is 3. The van der Waals surface area contributed by atoms with Gasteiger partial charge in [0.2, 0.25) is 0 Å². The van der Waals surface area contributed by atoms with Crippen LogP contribution in [0.4, 0.5) is 0 Å². The lowest BCUT2D eigenvalue weighted by atomic mass is 10.0. The maximum Gasteiger partial charge on any atom is 0.306 e. The number of hydrogen-bond acceptors (Lipinski definition) is 6. The second-order valence-electron chi connectivity index (χ2n) is 22.4. The summed E-state index contributed by atoms with van der Waals surface area (Å²) in [7, 11) is 0. The predicted molar refractivity (Wildman–Crippen MR) is 339 cm³/mol. The van der Waals surface area contributed by atoms with Crippen LogP contribution in [0.15, 0.2) is 85.1 Å². The van der Waals surface area contributed by atoms with Gasteiger partial charge in [-0.25, -0.2) is 0 Å². The fourth-order valence-corrected chi connectivity index (χ4v) is 9.62. The fraction of sp³-hybridized carbons (Fsp3) is 0.764. The quantitative estimate of drug-likeness (QED) is 0.0261. The van der Waals surface area contributed by atoms with Crippen molar-refractivity contribution in [2.24, 2.45) is 0 Å². The zero-order chi connectivity index (χ0) is 56.4. The van der Waals surface area contributed by atoms with Crippen molar-refractivity contribution in [2.45, 2.75) is 341 Å². The third-order valence-electron chi connectivity index (χ3n) is 14.6. The number of carbonyl (C=O) groups is 3. The molecule has 0 fully saturated rings. The van der Waals surface area contributed by atoms with Crippen LogP contribution in [0.5, 0.6) is 0 Å². The highest BCUT2D eigenvalue weighted by Crippen LogP contribution is 2.17. The summed E-state index contributed by atoms with van der Waals surface area (Å²) < 4.78 is 17.0. The molecule has 78 heavy (non-hydrogen) atoms. The van der Waals surface area contributed by atoms with Gasteiger partial charge >= 0.3 is 17.9 Å². The van der Waals surface area contributed by atoms with Crippen molar-refractivity contribution in [2.75, 3.05) is 13.2 Å². The summed E-state index contributed by atoms with van der Waals surface area (Å²) >= 11 is 0. The molecule has 0 bridgehead atoms. The minimum absolute atomic E-state index is 0.0824. The Labute approximate surface area is 484 Å². The third-order valence-corrected chi connectivity index (χ3v) is 14.6. The Hall–Kier alpha value is -3.41. The van der Waals surface area contributed by atoms with Gasteiger partial charge in [0.25, 0.3) is 0 Å². The largest absolute Gasteiger partial charge is 0.462 e. The number of carbonyl (C=O) groups excluding carboxylic acids is 3. The van der Waals surface area contributed by atoms with Crippen molar-refractivity contribution in [3.05, 3.63) is 85.1 Å². The van der Waals surface area contributed by atoms with Crippen LogP contribution in [0, 0.1) is 0 Å². The lowest BCUT2D eigenvalue weighted by molar-refractivity contribution is -0.167. The van der Waals surface area contributed by atoms with Crippen LogP contribution in [0.2, 0.25) is 0 Å². The Morgan fingerprint density at radius 2 is 0.500 bits per heavy atom. The van der Waals surface area contributed by atoms with Crippen LogP contribution in [-0.2, 0) is 28.6 Å². The Morgan fingerprint density at radius 1 is 0.269 bits per heavy atom. The van der Waals surface area contributed by atoms with Crippen LogP contribution >= 0.6 is 0 Å². The van der Waals surface area contributed by atoms with E-state index in [2.05, 4.69) is 106 Å². The van der Waals surface area contributed by atoms with Crippen LogP contribution < -0.4 is 0 Å². The normalized spacial score (nSPS) is 12.6. The summed E-state index contributed by atoms with van der Waals surface area (Å²) in [5, 5.41) is 0. The molecule has 0 saturated heterocycles. The van der Waals surface area contributed by atoms with E-state index in [1.54, 1.807) is 0 Å². The summed E-state index contributed by atoms with van der Waals surface area (Å²) in [6.07, 6.45) is 87.3. The molecule has 0 aromatic rings. The first-order valence-corrected chi connectivity index (χ1v) is 33.6. The maximum atomic E-state index is 12.9. The van der Waals surface area contributed by atoms with Crippen LogP contribution in [0.25, 0.3) is 0 Å². The van der Waals surface area contributed by atoms with E-state index in [0.717, 1.165) is 116 Å². The first-order valence-electron chi connectivity index (χ1n) is 33.6. The van der Waals surface area contributed by atoms with Crippen LogP contribution in [-0.4, -0.2) is 37.2 Å². The van der Waals surface area contributed by atoms with E-state index in [9.17, 15) is 14.4 Å². The van der Waals surface area contributed by atoms with E-state index in [1.165, 1.54) is 180 Å². The molecule has 6 nitrogen and oxygen atoms in total. The lowest BCUT2D eigenvalue weighted by Crippen LogP contribution is -2.30. The van der Waals surface area contributed by atoms with Gasteiger partial charge in [0.1, 0.15) is 13.2 Å². The van der Waals surface area contributed by atoms with Gasteiger partial charge in [-0.15, -0.1) is 0 Å². The monoisotopic (exact) mass is 1090 g/mol. The topological polar surface area (TPSA) is 78.9 Å². The second kappa shape index (κ2) is 66.1. The fourth-order valence-electron chi connectivity index (χ4n) is 9.62. The molecule has 0 aromatic heterocycles. The van der Waals surface area contributed by atoms with Gasteiger partial charge in [0, 0.05) is 19.3 Å². The van der Waals surface area contributed by atoms with E-state index >= 15 is 0 Å². The molecule has 0 amide bonds. The molecule has 1 unspecified atom stereocenters. The minimum Gasteiger partial charge on any atom is -0.462 e. The molecule has 6 heteroatoms. The van der Waals surface area contributed by atoms with E-state index in [-0.39, 0.29) is 31.1 Å². The molecule has 0 heterocycles. The molecule has 0 spiro atoms. The molecule has 0 aliphatic rings. The third kappa shape index (κ3) is 63.4. The molecule has 1 atom stereocenters. The molecule has 0 saturated carbocycles. The molecular formula is C72H126O6. The molecular weight excluding hydrogens is 961 g/mol. The highest BCUT2D eigenvalue weighted by atomic mass is 16.6. The zero-order valence-corrected chi connectivity index (χ0v) is 51.7. The molecule has 0 radical (unpaired) electrons. The summed E-state index contributed by atoms with van der Waals surface area (Å²) in [6, 6.07) is 0. The van der Waals surface area contributed by atoms with Crippen molar-refractivity contribution >= 4 is 17.9 Å². The number of ether oxygens (including phenoxy) is 3. The minimum atomic E-state index is -0.787. The predicted octanol–water partition coefficient (Wildman–Crippen LogP) is 23.1. The van der Waals surface area contributed by atoms with E-state index in [0.29, 0.717) is 19.3 Å². The summed E-state index contributed by atoms with van der Waals surface area (Å²) in [6.45, 7) is 6.53.